The van der Waals surface area contributed by atoms with Gasteiger partial charge in [0.25, 0.3) is 0 Å². The Morgan fingerprint density at radius 1 is 1.22 bits per heavy atom. The number of piperazine rings is 1. The van der Waals surface area contributed by atoms with Gasteiger partial charge in [0.1, 0.15) is 12.4 Å². The van der Waals surface area contributed by atoms with E-state index in [0.717, 1.165) is 37.6 Å². The van der Waals surface area contributed by atoms with Crippen molar-refractivity contribution in [3.63, 3.8) is 0 Å². The Balaban J connectivity index is 1.47. The summed E-state index contributed by atoms with van der Waals surface area (Å²) in [4.78, 5) is 2.73. The van der Waals surface area contributed by atoms with Crippen LogP contribution >= 0.6 is 11.6 Å². The minimum absolute atomic E-state index is 0.243. The van der Waals surface area contributed by atoms with Crippen LogP contribution in [0.4, 0.5) is 0 Å². The van der Waals surface area contributed by atoms with E-state index in [9.17, 15) is 8.42 Å². The minimum atomic E-state index is -3.18. The Kier molecular flexibility index (Phi) is 6.76. The second-order valence-electron chi connectivity index (χ2n) is 6.89. The van der Waals surface area contributed by atoms with Crippen LogP contribution in [0.5, 0.6) is 5.75 Å². The molecule has 1 fully saturated rings. The van der Waals surface area contributed by atoms with Gasteiger partial charge in [0.05, 0.1) is 10.9 Å². The average Bonchev–Trinajstić information content (AvgIpc) is 2.65. The van der Waals surface area contributed by atoms with E-state index in [-0.39, 0.29) is 6.04 Å². The monoisotopic (exact) mass is 408 g/mol. The lowest BCUT2D eigenvalue weighted by atomic mass is 10.1. The first-order chi connectivity index (χ1) is 12.9. The van der Waals surface area contributed by atoms with Gasteiger partial charge in [0.15, 0.2) is 9.84 Å². The van der Waals surface area contributed by atoms with E-state index in [0.29, 0.717) is 17.3 Å². The maximum Gasteiger partial charge on any atom is 0.175 e. The second kappa shape index (κ2) is 9.06. The average molecular weight is 409 g/mol. The predicted octanol–water partition coefficient (Wildman–Crippen LogP) is 2.64. The van der Waals surface area contributed by atoms with E-state index in [2.05, 4.69) is 16.3 Å². The van der Waals surface area contributed by atoms with Crippen molar-refractivity contribution in [3.05, 3.63) is 59.1 Å². The molecule has 1 atom stereocenters. The van der Waals surface area contributed by atoms with Crippen LogP contribution in [-0.4, -0.2) is 58.4 Å². The molecule has 146 valence electrons. The highest BCUT2D eigenvalue weighted by atomic mass is 35.5. The quantitative estimate of drug-likeness (QED) is 0.763. The molecule has 0 radical (unpaired) electrons. The summed E-state index contributed by atoms with van der Waals surface area (Å²) in [5.41, 5.74) is 1.25. The Bertz CT molecular complexity index is 856. The summed E-state index contributed by atoms with van der Waals surface area (Å²) in [5, 5.41) is 4.26. The van der Waals surface area contributed by atoms with Gasteiger partial charge in [0.2, 0.25) is 0 Å². The standard InChI is InChI=1S/C20H25ClN2O3S/c1-27(24,25)20-7-5-19(6-8-20)26-15-18-14-23(12-10-22-18)11-9-16-3-2-4-17(21)13-16/h2-8,13,18,22H,9-12,14-15H2,1H3. The number of benzene rings is 2. The second-order valence-corrected chi connectivity index (χ2v) is 9.34. The van der Waals surface area contributed by atoms with Crippen LogP contribution in [0.1, 0.15) is 5.56 Å². The normalized spacial score (nSPS) is 18.4. The van der Waals surface area contributed by atoms with Gasteiger partial charge in [-0.05, 0) is 48.4 Å². The number of rotatable bonds is 7. The van der Waals surface area contributed by atoms with Gasteiger partial charge in [-0.15, -0.1) is 0 Å². The molecule has 1 unspecified atom stereocenters. The summed E-state index contributed by atoms with van der Waals surface area (Å²) >= 11 is 6.05. The fraction of sp³-hybridized carbons (Fsp3) is 0.400. The van der Waals surface area contributed by atoms with Gasteiger partial charge in [-0.25, -0.2) is 8.42 Å². The number of hydrogen-bond donors (Lipinski definition) is 1. The summed E-state index contributed by atoms with van der Waals surface area (Å²) in [6.07, 6.45) is 2.17. The predicted molar refractivity (Wildman–Crippen MR) is 108 cm³/mol. The van der Waals surface area contributed by atoms with Crippen molar-refractivity contribution < 1.29 is 13.2 Å². The topological polar surface area (TPSA) is 58.6 Å². The zero-order valence-electron chi connectivity index (χ0n) is 15.4. The van der Waals surface area contributed by atoms with E-state index >= 15 is 0 Å². The number of nitrogens with zero attached hydrogens (tertiary/aromatic N) is 1. The van der Waals surface area contributed by atoms with Crippen molar-refractivity contribution in [1.29, 1.82) is 0 Å². The number of sulfone groups is 1. The maximum absolute atomic E-state index is 11.5. The van der Waals surface area contributed by atoms with Crippen LogP contribution in [0.15, 0.2) is 53.4 Å². The first kappa shape index (κ1) is 20.1. The van der Waals surface area contributed by atoms with E-state index < -0.39 is 9.84 Å². The third kappa shape index (κ3) is 6.21. The molecule has 0 aromatic heterocycles. The first-order valence-corrected chi connectivity index (χ1v) is 11.3. The van der Waals surface area contributed by atoms with Crippen molar-refractivity contribution in [2.24, 2.45) is 0 Å². The Labute approximate surface area is 166 Å². The molecule has 1 N–H and O–H groups in total. The molecule has 1 heterocycles. The highest BCUT2D eigenvalue weighted by Gasteiger charge is 2.19. The molecule has 0 amide bonds. The summed E-state index contributed by atoms with van der Waals surface area (Å²) in [6.45, 7) is 4.40. The summed E-state index contributed by atoms with van der Waals surface area (Å²) in [7, 11) is -3.18. The highest BCUT2D eigenvalue weighted by molar-refractivity contribution is 7.90. The molecule has 1 saturated heterocycles. The van der Waals surface area contributed by atoms with E-state index in [1.54, 1.807) is 24.3 Å². The van der Waals surface area contributed by atoms with E-state index in [1.165, 1.54) is 11.8 Å². The molecule has 0 bridgehead atoms. The smallest absolute Gasteiger partial charge is 0.175 e. The number of halogens is 1. The van der Waals surface area contributed by atoms with Crippen LogP contribution in [-0.2, 0) is 16.3 Å². The lowest BCUT2D eigenvalue weighted by Gasteiger charge is -2.33. The zero-order chi connectivity index (χ0) is 19.3. The fourth-order valence-electron chi connectivity index (χ4n) is 3.17. The molecule has 2 aromatic carbocycles. The molecule has 5 nitrogen and oxygen atoms in total. The van der Waals surface area contributed by atoms with Crippen LogP contribution in [0.3, 0.4) is 0 Å². The van der Waals surface area contributed by atoms with Crippen LogP contribution < -0.4 is 10.1 Å². The lowest BCUT2D eigenvalue weighted by Crippen LogP contribution is -2.53. The molecular formula is C20H25ClN2O3S. The summed E-state index contributed by atoms with van der Waals surface area (Å²) in [6, 6.07) is 14.8. The Morgan fingerprint density at radius 3 is 2.70 bits per heavy atom. The molecule has 7 heteroatoms. The maximum atomic E-state index is 11.5. The Hall–Kier alpha value is -1.60. The minimum Gasteiger partial charge on any atom is -0.492 e. The van der Waals surface area contributed by atoms with Crippen LogP contribution in [0, 0.1) is 0 Å². The molecule has 2 aromatic rings. The molecule has 27 heavy (non-hydrogen) atoms. The third-order valence-electron chi connectivity index (χ3n) is 4.65. The number of hydrogen-bond acceptors (Lipinski definition) is 5. The molecule has 1 aliphatic heterocycles. The third-order valence-corrected chi connectivity index (χ3v) is 6.01. The first-order valence-electron chi connectivity index (χ1n) is 9.03. The van der Waals surface area contributed by atoms with Gasteiger partial charge in [-0.2, -0.15) is 0 Å². The molecule has 0 saturated carbocycles. The summed E-state index contributed by atoms with van der Waals surface area (Å²) < 4.78 is 28.8. The number of nitrogens with one attached hydrogen (secondary N) is 1. The van der Waals surface area contributed by atoms with E-state index in [4.69, 9.17) is 16.3 Å². The Morgan fingerprint density at radius 2 is 2.00 bits per heavy atom. The SMILES string of the molecule is CS(=O)(=O)c1ccc(OCC2CN(CCc3cccc(Cl)c3)CCN2)cc1. The lowest BCUT2D eigenvalue weighted by molar-refractivity contribution is 0.159. The van der Waals surface area contributed by atoms with Crippen molar-refractivity contribution in [1.82, 2.24) is 10.2 Å². The summed E-state index contributed by atoms with van der Waals surface area (Å²) in [5.74, 6) is 0.681. The molecule has 0 aliphatic carbocycles. The van der Waals surface area contributed by atoms with E-state index in [1.807, 2.05) is 18.2 Å². The highest BCUT2D eigenvalue weighted by Crippen LogP contribution is 2.16. The van der Waals surface area contributed by atoms with Gasteiger partial charge >= 0.3 is 0 Å². The van der Waals surface area contributed by atoms with Crippen molar-refractivity contribution in [2.75, 3.05) is 39.0 Å². The van der Waals surface area contributed by atoms with Gasteiger partial charge in [-0.1, -0.05) is 23.7 Å². The van der Waals surface area contributed by atoms with Crippen molar-refractivity contribution in [3.8, 4) is 5.75 Å². The number of ether oxygens (including phenoxy) is 1. The molecule has 3 rings (SSSR count). The molecule has 1 aliphatic rings. The van der Waals surface area contributed by atoms with Crippen LogP contribution in [0.25, 0.3) is 0 Å². The molecule has 0 spiro atoms. The van der Waals surface area contributed by atoms with Crippen molar-refractivity contribution in [2.45, 2.75) is 17.4 Å². The van der Waals surface area contributed by atoms with Gasteiger partial charge in [0, 0.05) is 37.5 Å². The van der Waals surface area contributed by atoms with Gasteiger partial charge < -0.3 is 15.0 Å². The van der Waals surface area contributed by atoms with Crippen LogP contribution in [0.2, 0.25) is 5.02 Å². The fourth-order valence-corrected chi connectivity index (χ4v) is 4.01. The largest absolute Gasteiger partial charge is 0.492 e. The zero-order valence-corrected chi connectivity index (χ0v) is 17.0. The van der Waals surface area contributed by atoms with Crippen molar-refractivity contribution >= 4 is 21.4 Å². The van der Waals surface area contributed by atoms with Gasteiger partial charge in [-0.3, -0.25) is 0 Å². The molecular weight excluding hydrogens is 384 g/mol.